The summed E-state index contributed by atoms with van der Waals surface area (Å²) in [6.45, 7) is 6.20. The van der Waals surface area contributed by atoms with Gasteiger partial charge in [0.2, 0.25) is 5.28 Å². The van der Waals surface area contributed by atoms with Gasteiger partial charge >= 0.3 is 0 Å². The maximum atomic E-state index is 6.00. The van der Waals surface area contributed by atoms with Crippen molar-refractivity contribution in [2.24, 2.45) is 0 Å². The van der Waals surface area contributed by atoms with E-state index in [9.17, 15) is 0 Å². The minimum atomic E-state index is -0.0884. The third kappa shape index (κ3) is 3.84. The SMILES string of the molecule is COc1ccc(-c2cc(NC(C)(C)C)nc(Cl)n2)cc1. The molecule has 0 amide bonds. The Morgan fingerprint density at radius 2 is 1.75 bits per heavy atom. The van der Waals surface area contributed by atoms with Gasteiger partial charge in [-0.2, -0.15) is 0 Å². The third-order valence-electron chi connectivity index (χ3n) is 2.59. The van der Waals surface area contributed by atoms with Crippen molar-refractivity contribution < 1.29 is 4.74 Å². The van der Waals surface area contributed by atoms with E-state index in [0.29, 0.717) is 5.82 Å². The van der Waals surface area contributed by atoms with E-state index in [-0.39, 0.29) is 10.8 Å². The molecule has 1 aromatic carbocycles. The van der Waals surface area contributed by atoms with Crippen molar-refractivity contribution in [3.8, 4) is 17.0 Å². The van der Waals surface area contributed by atoms with Crippen molar-refractivity contribution in [1.82, 2.24) is 9.97 Å². The molecule has 0 saturated heterocycles. The standard InChI is InChI=1S/C15H18ClN3O/c1-15(2,3)19-13-9-12(17-14(16)18-13)10-5-7-11(20-4)8-6-10/h5-9H,1-4H3,(H,17,18,19). The summed E-state index contributed by atoms with van der Waals surface area (Å²) in [5.74, 6) is 1.52. The van der Waals surface area contributed by atoms with Crippen LogP contribution in [0.5, 0.6) is 5.75 Å². The Morgan fingerprint density at radius 1 is 1.10 bits per heavy atom. The zero-order valence-corrected chi connectivity index (χ0v) is 12.8. The van der Waals surface area contributed by atoms with Crippen LogP contribution in [-0.4, -0.2) is 22.6 Å². The highest BCUT2D eigenvalue weighted by molar-refractivity contribution is 6.28. The lowest BCUT2D eigenvalue weighted by atomic mass is 10.1. The molecule has 0 aliphatic rings. The first-order valence-electron chi connectivity index (χ1n) is 6.34. The van der Waals surface area contributed by atoms with Crippen LogP contribution in [0.1, 0.15) is 20.8 Å². The van der Waals surface area contributed by atoms with Crippen molar-refractivity contribution in [3.63, 3.8) is 0 Å². The second kappa shape index (κ2) is 5.67. The highest BCUT2D eigenvalue weighted by Crippen LogP contribution is 2.24. The smallest absolute Gasteiger partial charge is 0.224 e. The Balaban J connectivity index is 2.35. The number of anilines is 1. The van der Waals surface area contributed by atoms with Crippen LogP contribution >= 0.6 is 11.6 Å². The van der Waals surface area contributed by atoms with E-state index in [1.165, 1.54) is 0 Å². The van der Waals surface area contributed by atoms with Gasteiger partial charge in [0.25, 0.3) is 0 Å². The summed E-state index contributed by atoms with van der Waals surface area (Å²) >= 11 is 6.00. The molecule has 0 aliphatic heterocycles. The zero-order valence-electron chi connectivity index (χ0n) is 12.1. The second-order valence-corrected chi connectivity index (χ2v) is 5.85. The first-order chi connectivity index (χ1) is 9.37. The topological polar surface area (TPSA) is 47.0 Å². The minimum absolute atomic E-state index is 0.0884. The Hall–Kier alpha value is -1.81. The average Bonchev–Trinajstić information content (AvgIpc) is 2.36. The lowest BCUT2D eigenvalue weighted by molar-refractivity contribution is 0.415. The van der Waals surface area contributed by atoms with Gasteiger partial charge in [-0.25, -0.2) is 9.97 Å². The molecule has 0 bridgehead atoms. The lowest BCUT2D eigenvalue weighted by Crippen LogP contribution is -2.26. The Bertz CT molecular complexity index is 591. The summed E-state index contributed by atoms with van der Waals surface area (Å²) in [7, 11) is 1.64. The maximum absolute atomic E-state index is 6.00. The molecule has 2 aromatic rings. The van der Waals surface area contributed by atoms with E-state index in [0.717, 1.165) is 17.0 Å². The quantitative estimate of drug-likeness (QED) is 0.868. The minimum Gasteiger partial charge on any atom is -0.497 e. The molecule has 1 heterocycles. The molecule has 20 heavy (non-hydrogen) atoms. The van der Waals surface area contributed by atoms with Crippen molar-refractivity contribution in [1.29, 1.82) is 0 Å². The molecule has 0 fully saturated rings. The second-order valence-electron chi connectivity index (χ2n) is 5.51. The Kier molecular flexibility index (Phi) is 4.14. The van der Waals surface area contributed by atoms with Crippen LogP contribution in [-0.2, 0) is 0 Å². The number of aromatic nitrogens is 2. The largest absolute Gasteiger partial charge is 0.497 e. The Morgan fingerprint density at radius 3 is 2.30 bits per heavy atom. The van der Waals surface area contributed by atoms with Crippen LogP contribution in [0.25, 0.3) is 11.3 Å². The van der Waals surface area contributed by atoms with Gasteiger partial charge in [0.05, 0.1) is 12.8 Å². The van der Waals surface area contributed by atoms with Gasteiger partial charge in [0, 0.05) is 17.2 Å². The van der Waals surface area contributed by atoms with Gasteiger partial charge in [-0.05, 0) is 56.6 Å². The number of benzene rings is 1. The molecule has 0 spiro atoms. The average molecular weight is 292 g/mol. The van der Waals surface area contributed by atoms with Crippen molar-refractivity contribution in [3.05, 3.63) is 35.6 Å². The maximum Gasteiger partial charge on any atom is 0.224 e. The number of ether oxygens (including phenoxy) is 1. The van der Waals surface area contributed by atoms with Gasteiger partial charge in [-0.1, -0.05) is 0 Å². The fourth-order valence-corrected chi connectivity index (χ4v) is 1.96. The van der Waals surface area contributed by atoms with E-state index >= 15 is 0 Å². The van der Waals surface area contributed by atoms with Crippen LogP contribution in [0, 0.1) is 0 Å². The first kappa shape index (κ1) is 14.6. The number of methoxy groups -OCH3 is 1. The van der Waals surface area contributed by atoms with E-state index in [2.05, 4.69) is 36.1 Å². The molecule has 106 valence electrons. The predicted molar refractivity (Wildman–Crippen MR) is 82.4 cm³/mol. The van der Waals surface area contributed by atoms with E-state index in [1.807, 2.05) is 30.3 Å². The molecular formula is C15H18ClN3O. The summed E-state index contributed by atoms with van der Waals surface area (Å²) in [5, 5.41) is 3.52. The van der Waals surface area contributed by atoms with Gasteiger partial charge in [0.15, 0.2) is 0 Å². The zero-order chi connectivity index (χ0) is 14.8. The van der Waals surface area contributed by atoms with Crippen LogP contribution < -0.4 is 10.1 Å². The summed E-state index contributed by atoms with van der Waals surface area (Å²) in [6.07, 6.45) is 0. The summed E-state index contributed by atoms with van der Waals surface area (Å²) < 4.78 is 5.15. The fraction of sp³-hybridized carbons (Fsp3) is 0.333. The number of nitrogens with one attached hydrogen (secondary N) is 1. The van der Waals surface area contributed by atoms with Gasteiger partial charge in [0.1, 0.15) is 11.6 Å². The van der Waals surface area contributed by atoms with Crippen molar-refractivity contribution in [2.45, 2.75) is 26.3 Å². The number of halogens is 1. The monoisotopic (exact) mass is 291 g/mol. The normalized spacial score (nSPS) is 11.2. The van der Waals surface area contributed by atoms with Crippen LogP contribution in [0.2, 0.25) is 5.28 Å². The molecule has 1 aromatic heterocycles. The van der Waals surface area contributed by atoms with Crippen LogP contribution in [0.3, 0.4) is 0 Å². The Labute approximate surface area is 124 Å². The molecule has 0 saturated carbocycles. The molecule has 0 unspecified atom stereocenters. The summed E-state index contributed by atoms with van der Waals surface area (Å²) in [6, 6.07) is 9.56. The third-order valence-corrected chi connectivity index (χ3v) is 2.76. The van der Waals surface area contributed by atoms with Crippen molar-refractivity contribution >= 4 is 17.4 Å². The van der Waals surface area contributed by atoms with Gasteiger partial charge in [-0.15, -0.1) is 0 Å². The van der Waals surface area contributed by atoms with Crippen LogP contribution in [0.15, 0.2) is 30.3 Å². The molecule has 5 heteroatoms. The summed E-state index contributed by atoms with van der Waals surface area (Å²) in [4.78, 5) is 8.46. The molecule has 0 aliphatic carbocycles. The molecule has 2 rings (SSSR count). The first-order valence-corrected chi connectivity index (χ1v) is 6.72. The molecule has 1 N–H and O–H groups in total. The van der Waals surface area contributed by atoms with Crippen LogP contribution in [0.4, 0.5) is 5.82 Å². The van der Waals surface area contributed by atoms with Crippen molar-refractivity contribution in [2.75, 3.05) is 12.4 Å². The highest BCUT2D eigenvalue weighted by Gasteiger charge is 2.12. The molecular weight excluding hydrogens is 274 g/mol. The molecule has 4 nitrogen and oxygen atoms in total. The predicted octanol–water partition coefficient (Wildman–Crippen LogP) is 4.02. The number of nitrogens with zero attached hydrogens (tertiary/aromatic N) is 2. The van der Waals surface area contributed by atoms with Gasteiger partial charge < -0.3 is 10.1 Å². The van der Waals surface area contributed by atoms with Gasteiger partial charge in [-0.3, -0.25) is 0 Å². The number of hydrogen-bond donors (Lipinski definition) is 1. The lowest BCUT2D eigenvalue weighted by Gasteiger charge is -2.21. The molecule has 0 atom stereocenters. The summed E-state index contributed by atoms with van der Waals surface area (Å²) in [5.41, 5.74) is 1.65. The number of hydrogen-bond acceptors (Lipinski definition) is 4. The molecule has 0 radical (unpaired) electrons. The van der Waals surface area contributed by atoms with E-state index in [4.69, 9.17) is 16.3 Å². The number of rotatable bonds is 3. The van der Waals surface area contributed by atoms with E-state index < -0.39 is 0 Å². The fourth-order valence-electron chi connectivity index (χ4n) is 1.78. The van der Waals surface area contributed by atoms with E-state index in [1.54, 1.807) is 7.11 Å². The highest BCUT2D eigenvalue weighted by atomic mass is 35.5.